The highest BCUT2D eigenvalue weighted by Gasteiger charge is 2.21. The van der Waals surface area contributed by atoms with Crippen molar-refractivity contribution < 1.29 is 24.8 Å². The Bertz CT molecular complexity index is 360. The molecule has 0 aliphatic rings. The number of phenolic OH excluding ortho intramolecular Hbond substituents is 1. The number of benzene rings is 1. The molecule has 5 heteroatoms. The van der Waals surface area contributed by atoms with Crippen LogP contribution in [0.2, 0.25) is 0 Å². The van der Waals surface area contributed by atoms with Gasteiger partial charge < -0.3 is 24.8 Å². The Kier molecular flexibility index (Phi) is 5.91. The Labute approximate surface area is 107 Å². The Morgan fingerprint density at radius 3 is 2.56 bits per heavy atom. The molecule has 0 saturated heterocycles. The van der Waals surface area contributed by atoms with Crippen LogP contribution in [0.5, 0.6) is 11.5 Å². The van der Waals surface area contributed by atoms with Gasteiger partial charge in [0, 0.05) is 13.2 Å². The van der Waals surface area contributed by atoms with E-state index in [9.17, 15) is 10.2 Å². The fourth-order valence-corrected chi connectivity index (χ4v) is 1.78. The second kappa shape index (κ2) is 7.20. The Hall–Kier alpha value is -1.30. The molecule has 1 aromatic carbocycles. The maximum atomic E-state index is 10.1. The van der Waals surface area contributed by atoms with Crippen LogP contribution < -0.4 is 4.74 Å². The van der Waals surface area contributed by atoms with Gasteiger partial charge in [-0.15, -0.1) is 0 Å². The topological polar surface area (TPSA) is 79.2 Å². The minimum Gasteiger partial charge on any atom is -0.504 e. The van der Waals surface area contributed by atoms with Gasteiger partial charge in [-0.25, -0.2) is 0 Å². The quantitative estimate of drug-likeness (QED) is 0.683. The lowest BCUT2D eigenvalue weighted by molar-refractivity contribution is -0.0449. The SMILES string of the molecule is CCO[C@@H](CCO)[C@@H](O)c1ccc(OC)c(O)c1. The first-order chi connectivity index (χ1) is 8.63. The molecule has 0 unspecified atom stereocenters. The summed E-state index contributed by atoms with van der Waals surface area (Å²) in [4.78, 5) is 0. The maximum absolute atomic E-state index is 10.1. The van der Waals surface area contributed by atoms with Crippen molar-refractivity contribution in [3.63, 3.8) is 0 Å². The molecule has 0 spiro atoms. The van der Waals surface area contributed by atoms with Gasteiger partial charge in [0.05, 0.1) is 13.2 Å². The molecule has 1 rings (SSSR count). The normalized spacial score (nSPS) is 14.2. The third-order valence-corrected chi connectivity index (χ3v) is 2.69. The summed E-state index contributed by atoms with van der Waals surface area (Å²) in [6.45, 7) is 2.20. The number of methoxy groups -OCH3 is 1. The number of aliphatic hydroxyl groups excluding tert-OH is 2. The highest BCUT2D eigenvalue weighted by Crippen LogP contribution is 2.31. The zero-order valence-electron chi connectivity index (χ0n) is 10.7. The molecule has 0 amide bonds. The molecule has 1 aromatic rings. The number of rotatable bonds is 7. The molecule has 0 bridgehead atoms. The summed E-state index contributed by atoms with van der Waals surface area (Å²) in [5, 5.41) is 28.7. The van der Waals surface area contributed by atoms with Gasteiger partial charge in [-0.3, -0.25) is 0 Å². The molecule has 0 aromatic heterocycles. The third kappa shape index (κ3) is 3.60. The van der Waals surface area contributed by atoms with Crippen LogP contribution >= 0.6 is 0 Å². The van der Waals surface area contributed by atoms with Crippen molar-refractivity contribution in [3.8, 4) is 11.5 Å². The van der Waals surface area contributed by atoms with Crippen molar-refractivity contribution in [2.45, 2.75) is 25.6 Å². The Morgan fingerprint density at radius 2 is 2.06 bits per heavy atom. The molecular formula is C13H20O5. The predicted molar refractivity (Wildman–Crippen MR) is 66.7 cm³/mol. The monoisotopic (exact) mass is 256 g/mol. The van der Waals surface area contributed by atoms with Crippen molar-refractivity contribution in [3.05, 3.63) is 23.8 Å². The number of hydrogen-bond donors (Lipinski definition) is 3. The molecule has 0 saturated carbocycles. The summed E-state index contributed by atoms with van der Waals surface area (Å²) in [7, 11) is 1.46. The number of ether oxygens (including phenoxy) is 2. The van der Waals surface area contributed by atoms with Gasteiger partial charge in [0.25, 0.3) is 0 Å². The van der Waals surface area contributed by atoms with Crippen LogP contribution in [0.1, 0.15) is 25.0 Å². The molecule has 0 aliphatic heterocycles. The van der Waals surface area contributed by atoms with E-state index in [2.05, 4.69) is 0 Å². The third-order valence-electron chi connectivity index (χ3n) is 2.69. The number of phenols is 1. The smallest absolute Gasteiger partial charge is 0.160 e. The standard InChI is InChI=1S/C13H20O5/c1-3-18-12(6-7-14)13(16)9-4-5-11(17-2)10(15)8-9/h4-5,8,12-16H,3,6-7H2,1-2H3/t12-,13-/m0/s1. The second-order valence-electron chi connectivity index (χ2n) is 3.88. The largest absolute Gasteiger partial charge is 0.504 e. The maximum Gasteiger partial charge on any atom is 0.160 e. The van der Waals surface area contributed by atoms with Crippen molar-refractivity contribution in [2.75, 3.05) is 20.3 Å². The van der Waals surface area contributed by atoms with E-state index in [0.29, 0.717) is 24.3 Å². The molecule has 3 N–H and O–H groups in total. The van der Waals surface area contributed by atoms with Crippen molar-refractivity contribution in [2.24, 2.45) is 0 Å². The summed E-state index contributed by atoms with van der Waals surface area (Å²) >= 11 is 0. The van der Waals surface area contributed by atoms with Crippen LogP contribution in [0.15, 0.2) is 18.2 Å². The molecule has 102 valence electrons. The molecule has 0 fully saturated rings. The zero-order valence-corrected chi connectivity index (χ0v) is 10.7. The summed E-state index contributed by atoms with van der Waals surface area (Å²) < 4.78 is 10.3. The van der Waals surface area contributed by atoms with Crippen LogP contribution in [0.25, 0.3) is 0 Å². The van der Waals surface area contributed by atoms with Crippen LogP contribution in [0.4, 0.5) is 0 Å². The molecule has 0 radical (unpaired) electrons. The lowest BCUT2D eigenvalue weighted by atomic mass is 10.0. The van der Waals surface area contributed by atoms with E-state index < -0.39 is 12.2 Å². The molecule has 18 heavy (non-hydrogen) atoms. The van der Waals surface area contributed by atoms with E-state index in [0.717, 1.165) is 0 Å². The van der Waals surface area contributed by atoms with Crippen LogP contribution in [-0.2, 0) is 4.74 Å². The number of hydrogen-bond acceptors (Lipinski definition) is 5. The van der Waals surface area contributed by atoms with Gasteiger partial charge in [0.15, 0.2) is 11.5 Å². The summed E-state index contributed by atoms with van der Waals surface area (Å²) in [6.07, 6.45) is -1.05. The molecule has 2 atom stereocenters. The van der Waals surface area contributed by atoms with E-state index >= 15 is 0 Å². The Morgan fingerprint density at radius 1 is 1.33 bits per heavy atom. The van der Waals surface area contributed by atoms with Gasteiger partial charge >= 0.3 is 0 Å². The average Bonchev–Trinajstić information content (AvgIpc) is 2.37. The summed E-state index contributed by atoms with van der Waals surface area (Å²) in [5.41, 5.74) is 0.528. The minimum atomic E-state index is -0.895. The van der Waals surface area contributed by atoms with E-state index in [1.807, 2.05) is 6.92 Å². The first-order valence-electron chi connectivity index (χ1n) is 5.91. The average molecular weight is 256 g/mol. The lowest BCUT2D eigenvalue weighted by Gasteiger charge is -2.22. The minimum absolute atomic E-state index is 0.0340. The first-order valence-corrected chi connectivity index (χ1v) is 5.91. The van der Waals surface area contributed by atoms with Gasteiger partial charge in [0.1, 0.15) is 6.10 Å². The number of aromatic hydroxyl groups is 1. The predicted octanol–water partition coefficient (Wildman–Crippen LogP) is 1.22. The summed E-state index contributed by atoms with van der Waals surface area (Å²) in [5.74, 6) is 0.314. The van der Waals surface area contributed by atoms with Gasteiger partial charge in [-0.05, 0) is 31.0 Å². The van der Waals surface area contributed by atoms with E-state index in [1.165, 1.54) is 13.2 Å². The van der Waals surface area contributed by atoms with E-state index in [4.69, 9.17) is 14.6 Å². The van der Waals surface area contributed by atoms with Gasteiger partial charge in [-0.1, -0.05) is 6.07 Å². The highest BCUT2D eigenvalue weighted by molar-refractivity contribution is 5.42. The fourth-order valence-electron chi connectivity index (χ4n) is 1.78. The van der Waals surface area contributed by atoms with Crippen molar-refractivity contribution in [1.29, 1.82) is 0 Å². The molecule has 5 nitrogen and oxygen atoms in total. The van der Waals surface area contributed by atoms with Crippen molar-refractivity contribution in [1.82, 2.24) is 0 Å². The van der Waals surface area contributed by atoms with Crippen LogP contribution in [0, 0.1) is 0 Å². The molecular weight excluding hydrogens is 236 g/mol. The first kappa shape index (κ1) is 14.8. The second-order valence-corrected chi connectivity index (χ2v) is 3.88. The van der Waals surface area contributed by atoms with Crippen molar-refractivity contribution >= 4 is 0 Å². The van der Waals surface area contributed by atoms with Gasteiger partial charge in [0.2, 0.25) is 0 Å². The van der Waals surface area contributed by atoms with Gasteiger partial charge in [-0.2, -0.15) is 0 Å². The molecule has 0 heterocycles. The Balaban J connectivity index is 2.86. The number of aliphatic hydroxyl groups is 2. The van der Waals surface area contributed by atoms with Crippen LogP contribution in [0.3, 0.4) is 0 Å². The van der Waals surface area contributed by atoms with Crippen LogP contribution in [-0.4, -0.2) is 41.7 Å². The highest BCUT2D eigenvalue weighted by atomic mass is 16.5. The van der Waals surface area contributed by atoms with E-state index in [-0.39, 0.29) is 12.4 Å². The fraction of sp³-hybridized carbons (Fsp3) is 0.538. The summed E-state index contributed by atoms with van der Waals surface area (Å²) in [6, 6.07) is 4.68. The zero-order chi connectivity index (χ0) is 13.5. The lowest BCUT2D eigenvalue weighted by Crippen LogP contribution is -2.23. The van der Waals surface area contributed by atoms with E-state index in [1.54, 1.807) is 12.1 Å². The molecule has 0 aliphatic carbocycles.